The van der Waals surface area contributed by atoms with Crippen molar-refractivity contribution in [1.29, 1.82) is 0 Å². The van der Waals surface area contributed by atoms with Crippen LogP contribution in [0.5, 0.6) is 0 Å². The predicted octanol–water partition coefficient (Wildman–Crippen LogP) is 3.46. The largest absolute Gasteiger partial charge is 0.455 e. The number of rotatable bonds is 14. The Morgan fingerprint density at radius 3 is 2.56 bits per heavy atom. The molecule has 1 aromatic carbocycles. The second-order valence-electron chi connectivity index (χ2n) is 12.9. The third kappa shape index (κ3) is 6.31. The van der Waals surface area contributed by atoms with Gasteiger partial charge in [-0.05, 0) is 44.6 Å². The number of esters is 1. The molecule has 3 aliphatic heterocycles. The first-order valence-corrected chi connectivity index (χ1v) is 16.4. The minimum atomic E-state index is -1.19. The van der Waals surface area contributed by atoms with Crippen molar-refractivity contribution in [1.82, 2.24) is 15.1 Å². The van der Waals surface area contributed by atoms with Gasteiger partial charge in [-0.15, -0.1) is 13.2 Å². The molecule has 45 heavy (non-hydrogen) atoms. The van der Waals surface area contributed by atoms with Gasteiger partial charge < -0.3 is 29.7 Å². The predicted molar refractivity (Wildman–Crippen MR) is 167 cm³/mol. The van der Waals surface area contributed by atoms with Crippen molar-refractivity contribution in [3.63, 3.8) is 0 Å². The molecule has 2 bridgehead atoms. The van der Waals surface area contributed by atoms with E-state index in [1.165, 1.54) is 4.90 Å². The molecule has 0 radical (unpaired) electrons. The average molecular weight is 622 g/mol. The van der Waals surface area contributed by atoms with Crippen molar-refractivity contribution in [2.75, 3.05) is 19.7 Å². The Bertz CT molecular complexity index is 1260. The van der Waals surface area contributed by atoms with Crippen LogP contribution in [-0.2, 0) is 28.7 Å². The molecule has 5 rings (SSSR count). The molecule has 10 heteroatoms. The van der Waals surface area contributed by atoms with Crippen molar-refractivity contribution in [3.05, 3.63) is 61.2 Å². The zero-order valence-electron chi connectivity index (χ0n) is 26.3. The Morgan fingerprint density at radius 2 is 1.89 bits per heavy atom. The number of hydrogen-bond donors (Lipinski definition) is 2. The smallest absolute Gasteiger partial charge is 0.313 e. The highest BCUT2D eigenvalue weighted by molar-refractivity contribution is 5.98. The molecule has 7 atom stereocenters. The number of aliphatic hydroxyl groups is 1. The van der Waals surface area contributed by atoms with Crippen LogP contribution in [0.2, 0.25) is 0 Å². The van der Waals surface area contributed by atoms with E-state index in [0.29, 0.717) is 31.4 Å². The first-order chi connectivity index (χ1) is 21.8. The molecular weight excluding hydrogens is 574 g/mol. The van der Waals surface area contributed by atoms with Crippen molar-refractivity contribution in [2.45, 2.75) is 101 Å². The van der Waals surface area contributed by atoms with Gasteiger partial charge in [0, 0.05) is 19.0 Å². The Morgan fingerprint density at radius 1 is 1.16 bits per heavy atom. The fourth-order valence-corrected chi connectivity index (χ4v) is 7.95. The maximum Gasteiger partial charge on any atom is 0.313 e. The number of hydrogen-bond acceptors (Lipinski definition) is 7. The molecule has 4 fully saturated rings. The molecule has 2 N–H and O–H groups in total. The van der Waals surface area contributed by atoms with Gasteiger partial charge in [0.1, 0.15) is 17.7 Å². The molecule has 1 spiro atoms. The zero-order valence-corrected chi connectivity index (χ0v) is 26.3. The number of carbonyl (C=O) groups is 4. The van der Waals surface area contributed by atoms with Gasteiger partial charge in [-0.2, -0.15) is 0 Å². The molecule has 0 aromatic heterocycles. The topological polar surface area (TPSA) is 125 Å². The Kier molecular flexibility index (Phi) is 10.4. The molecule has 3 amide bonds. The molecule has 3 heterocycles. The maximum atomic E-state index is 14.6. The second kappa shape index (κ2) is 14.3. The standard InChI is InChI=1S/C35H47N3O7/c1-4-6-17-28(40)36-21-27(24-13-9-7-10-14-24)44-34(43)29-26-18-19-35(45-26)30(29)32(41)38(23(3)22-39)31(35)33(42)37(20-5-2)25-15-11-8-12-16-25/h4-5,7,9-10,13-14,23,25-27,29-31,39H,1-2,6,8,11-12,15-22H2,3H3,(H,36,40)/t23-,26+,27-,29-,30-,31+,35-/m1/s1. The number of carbonyl (C=O) groups excluding carboxylic acids is 4. The zero-order chi connectivity index (χ0) is 32.1. The lowest BCUT2D eigenvalue weighted by Gasteiger charge is -2.41. The number of nitrogens with one attached hydrogen (secondary N) is 1. The van der Waals surface area contributed by atoms with Gasteiger partial charge in [-0.1, -0.05) is 61.7 Å². The van der Waals surface area contributed by atoms with Crippen molar-refractivity contribution < 1.29 is 33.8 Å². The summed E-state index contributed by atoms with van der Waals surface area (Å²) in [5, 5.41) is 13.1. The Balaban J connectivity index is 1.43. The summed E-state index contributed by atoms with van der Waals surface area (Å²) in [6.07, 6.45) is 8.76. The lowest BCUT2D eigenvalue weighted by atomic mass is 9.70. The van der Waals surface area contributed by atoms with Crippen LogP contribution in [0, 0.1) is 11.8 Å². The third-order valence-electron chi connectivity index (χ3n) is 10.1. The summed E-state index contributed by atoms with van der Waals surface area (Å²) in [6.45, 7) is 9.35. The Labute approximate surface area is 265 Å². The van der Waals surface area contributed by atoms with Gasteiger partial charge in [0.15, 0.2) is 0 Å². The molecule has 1 aliphatic carbocycles. The van der Waals surface area contributed by atoms with Crippen LogP contribution in [-0.4, -0.2) is 88.1 Å². The normalized spacial score (nSPS) is 28.7. The summed E-state index contributed by atoms with van der Waals surface area (Å²) >= 11 is 0. The number of nitrogens with zero attached hydrogens (tertiary/aromatic N) is 2. The van der Waals surface area contributed by atoms with Gasteiger partial charge in [-0.25, -0.2) is 0 Å². The Hall–Kier alpha value is -3.50. The number of fused-ring (bicyclic) bond motifs is 1. The van der Waals surface area contributed by atoms with E-state index in [-0.39, 0.29) is 43.3 Å². The number of benzene rings is 1. The summed E-state index contributed by atoms with van der Waals surface area (Å²) < 4.78 is 12.7. The van der Waals surface area contributed by atoms with Crippen molar-refractivity contribution in [3.8, 4) is 0 Å². The van der Waals surface area contributed by atoms with E-state index in [2.05, 4.69) is 18.5 Å². The summed E-state index contributed by atoms with van der Waals surface area (Å²) in [5.74, 6) is -3.18. The van der Waals surface area contributed by atoms with Crippen LogP contribution >= 0.6 is 0 Å². The third-order valence-corrected chi connectivity index (χ3v) is 10.1. The van der Waals surface area contributed by atoms with Gasteiger partial charge >= 0.3 is 5.97 Å². The minimum absolute atomic E-state index is 0.0359. The number of amides is 3. The van der Waals surface area contributed by atoms with Crippen molar-refractivity contribution in [2.24, 2.45) is 11.8 Å². The highest BCUT2D eigenvalue weighted by Gasteiger charge is 2.75. The van der Waals surface area contributed by atoms with E-state index in [4.69, 9.17) is 9.47 Å². The fourth-order valence-electron chi connectivity index (χ4n) is 7.95. The molecule has 4 aliphatic rings. The molecular formula is C35H47N3O7. The fraction of sp³-hybridized carbons (Fsp3) is 0.600. The first kappa shape index (κ1) is 32.9. The molecule has 1 saturated carbocycles. The SMILES string of the molecule is C=CCCC(=O)NC[C@@H](OC(=O)[C@@H]1[C@@H]2CC[C@]3(O2)[C@H](C(=O)N(CC=C)C2CCCCC2)N([C@H](C)CO)C(=O)[C@@H]13)c1ccccc1. The van der Waals surface area contributed by atoms with Gasteiger partial charge in [0.05, 0.1) is 37.1 Å². The van der Waals surface area contributed by atoms with Crippen LogP contribution in [0.15, 0.2) is 55.6 Å². The molecule has 1 aromatic rings. The number of likely N-dealkylation sites (tertiary alicyclic amines) is 1. The van der Waals surface area contributed by atoms with Crippen molar-refractivity contribution >= 4 is 23.7 Å². The monoisotopic (exact) mass is 621 g/mol. The van der Waals surface area contributed by atoms with E-state index in [1.807, 2.05) is 35.2 Å². The summed E-state index contributed by atoms with van der Waals surface area (Å²) in [4.78, 5) is 58.6. The van der Waals surface area contributed by atoms with Crippen LogP contribution in [0.1, 0.15) is 76.4 Å². The number of ether oxygens (including phenoxy) is 2. The lowest BCUT2D eigenvalue weighted by molar-refractivity contribution is -0.161. The van der Waals surface area contributed by atoms with E-state index in [1.54, 1.807) is 19.1 Å². The van der Waals surface area contributed by atoms with Crippen LogP contribution in [0.4, 0.5) is 0 Å². The van der Waals surface area contributed by atoms with E-state index in [0.717, 1.165) is 32.1 Å². The minimum Gasteiger partial charge on any atom is -0.455 e. The summed E-state index contributed by atoms with van der Waals surface area (Å²) in [6, 6.07) is 7.59. The first-order valence-electron chi connectivity index (χ1n) is 16.4. The van der Waals surface area contributed by atoms with Gasteiger partial charge in [0.25, 0.3) is 0 Å². The maximum absolute atomic E-state index is 14.6. The molecule has 3 saturated heterocycles. The second-order valence-corrected chi connectivity index (χ2v) is 12.9. The lowest BCUT2D eigenvalue weighted by Crippen LogP contribution is -2.60. The van der Waals surface area contributed by atoms with E-state index < -0.39 is 47.7 Å². The van der Waals surface area contributed by atoms with Crippen LogP contribution < -0.4 is 5.32 Å². The quantitative estimate of drug-likeness (QED) is 0.241. The highest BCUT2D eigenvalue weighted by Crippen LogP contribution is 2.59. The molecule has 0 unspecified atom stereocenters. The van der Waals surface area contributed by atoms with Crippen LogP contribution in [0.3, 0.4) is 0 Å². The molecule has 10 nitrogen and oxygen atoms in total. The van der Waals surface area contributed by atoms with Crippen LogP contribution in [0.25, 0.3) is 0 Å². The van der Waals surface area contributed by atoms with E-state index >= 15 is 0 Å². The number of aliphatic hydroxyl groups excluding tert-OH is 1. The average Bonchev–Trinajstić information content (AvgIpc) is 3.72. The van der Waals surface area contributed by atoms with Gasteiger partial charge in [0.2, 0.25) is 17.7 Å². The number of allylic oxidation sites excluding steroid dienone is 1. The van der Waals surface area contributed by atoms with Gasteiger partial charge in [-0.3, -0.25) is 19.2 Å². The summed E-state index contributed by atoms with van der Waals surface area (Å²) in [7, 11) is 0. The molecule has 244 valence electrons. The highest BCUT2D eigenvalue weighted by atomic mass is 16.6. The summed E-state index contributed by atoms with van der Waals surface area (Å²) in [5.41, 5.74) is -0.483. The van der Waals surface area contributed by atoms with E-state index in [9.17, 15) is 24.3 Å².